The number of aryl methyl sites for hydroxylation is 1. The number of nitrogens with zero attached hydrogens (tertiary/aromatic N) is 5. The van der Waals surface area contributed by atoms with E-state index in [1.807, 2.05) is 78.2 Å². The maximum absolute atomic E-state index is 14.4. The summed E-state index contributed by atoms with van der Waals surface area (Å²) in [7, 11) is 3.54. The topological polar surface area (TPSA) is 94.1 Å². The minimum Gasteiger partial charge on any atom is -0.492 e. The number of hydrogen-bond acceptors (Lipinski definition) is 6. The number of amides is 1. The van der Waals surface area contributed by atoms with E-state index in [0.29, 0.717) is 30.1 Å². The number of rotatable bonds is 8. The molecule has 3 heterocycles. The number of ether oxygens (including phenoxy) is 2. The SMILES string of the molecule is Cc1c(CCOc2cc(F)ccc2-c2ccc3ncc(CN(C)C(=O)OC(C)(C)C)n3c2)c([C@H](O)C(C)(C)C)nn1C. The molecule has 1 atom stereocenters. The zero-order chi connectivity index (χ0) is 31.0. The maximum atomic E-state index is 14.4. The molecule has 3 aromatic heterocycles. The summed E-state index contributed by atoms with van der Waals surface area (Å²) in [5.74, 6) is -0.000104. The largest absolute Gasteiger partial charge is 0.492 e. The molecule has 0 bridgehead atoms. The van der Waals surface area contributed by atoms with E-state index in [0.717, 1.165) is 28.1 Å². The molecule has 0 fully saturated rings. The molecule has 1 N–H and O–H groups in total. The van der Waals surface area contributed by atoms with Gasteiger partial charge in [-0.05, 0) is 57.4 Å². The lowest BCUT2D eigenvalue weighted by molar-refractivity contribution is 0.0282. The smallest absolute Gasteiger partial charge is 0.410 e. The van der Waals surface area contributed by atoms with Gasteiger partial charge in [0.25, 0.3) is 0 Å². The number of aromatic nitrogens is 4. The summed E-state index contributed by atoms with van der Waals surface area (Å²) in [5.41, 5.74) is 4.57. The first kappa shape index (κ1) is 31.0. The van der Waals surface area contributed by atoms with Gasteiger partial charge in [-0.25, -0.2) is 14.2 Å². The van der Waals surface area contributed by atoms with Crippen molar-refractivity contribution in [3.8, 4) is 16.9 Å². The lowest BCUT2D eigenvalue weighted by atomic mass is 9.85. The van der Waals surface area contributed by atoms with Crippen LogP contribution in [0.5, 0.6) is 5.75 Å². The molecule has 0 spiro atoms. The predicted octanol–water partition coefficient (Wildman–Crippen LogP) is 6.25. The lowest BCUT2D eigenvalue weighted by Crippen LogP contribution is -2.34. The van der Waals surface area contributed by atoms with Crippen LogP contribution in [-0.4, -0.2) is 54.5 Å². The lowest BCUT2D eigenvalue weighted by Gasteiger charge is -2.25. The highest BCUT2D eigenvalue weighted by Crippen LogP contribution is 2.35. The van der Waals surface area contributed by atoms with Crippen molar-refractivity contribution >= 4 is 11.7 Å². The Bertz CT molecular complexity index is 1580. The van der Waals surface area contributed by atoms with Gasteiger partial charge in [-0.2, -0.15) is 5.10 Å². The first-order valence-electron chi connectivity index (χ1n) is 14.1. The van der Waals surface area contributed by atoms with Crippen molar-refractivity contribution in [2.24, 2.45) is 12.5 Å². The van der Waals surface area contributed by atoms with E-state index in [4.69, 9.17) is 9.47 Å². The number of hydrogen-bond donors (Lipinski definition) is 1. The van der Waals surface area contributed by atoms with Crippen LogP contribution in [0, 0.1) is 18.2 Å². The Kier molecular flexibility index (Phi) is 8.68. The Hall–Kier alpha value is -3.92. The molecular formula is C32H42FN5O4. The fourth-order valence-electron chi connectivity index (χ4n) is 4.69. The average Bonchev–Trinajstić information content (AvgIpc) is 3.41. The third-order valence-electron chi connectivity index (χ3n) is 7.12. The van der Waals surface area contributed by atoms with Crippen LogP contribution < -0.4 is 4.74 Å². The fraction of sp³-hybridized carbons (Fsp3) is 0.469. The highest BCUT2D eigenvalue weighted by Gasteiger charge is 2.30. The molecule has 1 amide bonds. The first-order valence-corrected chi connectivity index (χ1v) is 14.1. The summed E-state index contributed by atoms with van der Waals surface area (Å²) in [4.78, 5) is 18.5. The number of imidazole rings is 1. The molecule has 0 radical (unpaired) electrons. The van der Waals surface area contributed by atoms with Gasteiger partial charge < -0.3 is 23.9 Å². The van der Waals surface area contributed by atoms with Gasteiger partial charge in [-0.1, -0.05) is 20.8 Å². The Labute approximate surface area is 246 Å². The highest BCUT2D eigenvalue weighted by atomic mass is 19.1. The van der Waals surface area contributed by atoms with Crippen molar-refractivity contribution in [3.63, 3.8) is 0 Å². The van der Waals surface area contributed by atoms with Crippen LogP contribution in [-0.2, 0) is 24.8 Å². The van der Waals surface area contributed by atoms with Crippen molar-refractivity contribution in [1.29, 1.82) is 0 Å². The zero-order valence-electron chi connectivity index (χ0n) is 26.0. The van der Waals surface area contributed by atoms with Crippen LogP contribution in [0.2, 0.25) is 0 Å². The van der Waals surface area contributed by atoms with Crippen LogP contribution in [0.3, 0.4) is 0 Å². The molecule has 4 aromatic rings. The summed E-state index contributed by atoms with van der Waals surface area (Å²) in [6.07, 6.45) is 2.97. The van der Waals surface area contributed by atoms with Crippen LogP contribution in [0.15, 0.2) is 42.7 Å². The Morgan fingerprint density at radius 1 is 1.14 bits per heavy atom. The van der Waals surface area contributed by atoms with Gasteiger partial charge in [0.05, 0.1) is 30.7 Å². The zero-order valence-corrected chi connectivity index (χ0v) is 26.0. The molecule has 4 rings (SSSR count). The molecule has 9 nitrogen and oxygen atoms in total. The molecule has 0 saturated heterocycles. The van der Waals surface area contributed by atoms with Gasteiger partial charge in [0, 0.05) is 55.2 Å². The third kappa shape index (κ3) is 6.92. The molecule has 0 aliphatic rings. The second kappa shape index (κ2) is 11.8. The minimum atomic E-state index is -0.734. The summed E-state index contributed by atoms with van der Waals surface area (Å²) in [6, 6.07) is 8.26. The van der Waals surface area contributed by atoms with Crippen molar-refractivity contribution < 1.29 is 23.8 Å². The first-order chi connectivity index (χ1) is 19.5. The van der Waals surface area contributed by atoms with Gasteiger partial charge in [0.15, 0.2) is 0 Å². The molecule has 1 aromatic carbocycles. The van der Waals surface area contributed by atoms with E-state index in [1.54, 1.807) is 24.0 Å². The number of carbonyl (C=O) groups excluding carboxylic acids is 1. The normalized spacial score (nSPS) is 12.9. The molecular weight excluding hydrogens is 537 g/mol. The summed E-state index contributed by atoms with van der Waals surface area (Å²) < 4.78 is 29.7. The second-order valence-corrected chi connectivity index (χ2v) is 12.8. The molecule has 42 heavy (non-hydrogen) atoms. The van der Waals surface area contributed by atoms with Gasteiger partial charge in [-0.15, -0.1) is 0 Å². The summed E-state index contributed by atoms with van der Waals surface area (Å²) in [5, 5.41) is 15.5. The highest BCUT2D eigenvalue weighted by molar-refractivity contribution is 5.71. The van der Waals surface area contributed by atoms with Crippen molar-refractivity contribution in [1.82, 2.24) is 24.1 Å². The van der Waals surface area contributed by atoms with Crippen LogP contribution in [0.1, 0.15) is 70.3 Å². The van der Waals surface area contributed by atoms with Gasteiger partial charge in [0.1, 0.15) is 28.9 Å². The molecule has 10 heteroatoms. The molecule has 0 aliphatic heterocycles. The quantitative estimate of drug-likeness (QED) is 0.265. The number of carbonyl (C=O) groups is 1. The monoisotopic (exact) mass is 579 g/mol. The van der Waals surface area contributed by atoms with E-state index in [2.05, 4.69) is 10.1 Å². The summed E-state index contributed by atoms with van der Waals surface area (Å²) >= 11 is 0. The molecule has 0 saturated carbocycles. The van der Waals surface area contributed by atoms with Crippen LogP contribution in [0.25, 0.3) is 16.8 Å². The Morgan fingerprint density at radius 2 is 1.86 bits per heavy atom. The average molecular weight is 580 g/mol. The van der Waals surface area contributed by atoms with E-state index in [1.165, 1.54) is 17.0 Å². The molecule has 226 valence electrons. The number of benzene rings is 1. The Balaban J connectivity index is 1.58. The number of halogens is 1. The van der Waals surface area contributed by atoms with Crippen LogP contribution in [0.4, 0.5) is 9.18 Å². The van der Waals surface area contributed by atoms with Crippen molar-refractivity contribution in [2.45, 2.75) is 73.1 Å². The maximum Gasteiger partial charge on any atom is 0.410 e. The molecule has 0 unspecified atom stereocenters. The number of aliphatic hydroxyl groups excluding tert-OH is 1. The number of pyridine rings is 1. The van der Waals surface area contributed by atoms with Gasteiger partial charge in [0.2, 0.25) is 0 Å². The van der Waals surface area contributed by atoms with Crippen LogP contribution >= 0.6 is 0 Å². The number of aliphatic hydroxyl groups is 1. The van der Waals surface area contributed by atoms with E-state index >= 15 is 0 Å². The van der Waals surface area contributed by atoms with E-state index < -0.39 is 23.6 Å². The standard InChI is InChI=1S/C32H42FN5O4/c1-20-24(28(35-37(20)9)29(39)31(2,3)4)14-15-41-26-16-22(33)11-12-25(26)21-10-13-27-34-17-23(38(27)18-21)19-36(8)30(40)42-32(5,6)7/h10-13,16-18,29,39H,14-15,19H2,1-9H3/t29-/m0/s1. The van der Waals surface area contributed by atoms with Crippen molar-refractivity contribution in [3.05, 3.63) is 71.2 Å². The minimum absolute atomic E-state index is 0.270. The Morgan fingerprint density at radius 3 is 2.52 bits per heavy atom. The fourth-order valence-corrected chi connectivity index (χ4v) is 4.69. The third-order valence-corrected chi connectivity index (χ3v) is 7.12. The van der Waals surface area contributed by atoms with E-state index in [-0.39, 0.29) is 12.0 Å². The van der Waals surface area contributed by atoms with Crippen molar-refractivity contribution in [2.75, 3.05) is 13.7 Å². The van der Waals surface area contributed by atoms with Gasteiger partial charge in [-0.3, -0.25) is 4.68 Å². The second-order valence-electron chi connectivity index (χ2n) is 12.8. The number of fused-ring (bicyclic) bond motifs is 1. The predicted molar refractivity (Wildman–Crippen MR) is 160 cm³/mol. The molecule has 0 aliphatic carbocycles. The van der Waals surface area contributed by atoms with E-state index in [9.17, 15) is 14.3 Å². The summed E-state index contributed by atoms with van der Waals surface area (Å²) in [6.45, 7) is 13.9. The van der Waals surface area contributed by atoms with Gasteiger partial charge >= 0.3 is 6.09 Å².